The van der Waals surface area contributed by atoms with Crippen molar-refractivity contribution >= 4 is 11.4 Å². The highest BCUT2D eigenvalue weighted by Crippen LogP contribution is 2.45. The molecule has 1 atom stereocenters. The van der Waals surface area contributed by atoms with Crippen molar-refractivity contribution in [2.75, 3.05) is 0 Å². The van der Waals surface area contributed by atoms with Gasteiger partial charge >= 0.3 is 0 Å². The molecule has 0 N–H and O–H groups in total. The second kappa shape index (κ2) is 3.97. The topological polar surface area (TPSA) is 12.4 Å². The number of benzene rings is 1. The van der Waals surface area contributed by atoms with Crippen LogP contribution in [0.25, 0.3) is 0 Å². The number of rotatable bonds is 2. The summed E-state index contributed by atoms with van der Waals surface area (Å²) in [6.07, 6.45) is 2.22. The summed E-state index contributed by atoms with van der Waals surface area (Å²) < 4.78 is 0. The molecule has 1 aliphatic heterocycles. The first-order valence-corrected chi connectivity index (χ1v) is 6.65. The zero-order chi connectivity index (χ0) is 12.8. The molecular weight excluding hydrogens is 206 g/mol. The average molecular weight is 229 g/mol. The van der Waals surface area contributed by atoms with Gasteiger partial charge in [0.15, 0.2) is 0 Å². The minimum absolute atomic E-state index is 0.149. The summed E-state index contributed by atoms with van der Waals surface area (Å²) in [4.78, 5) is 4.80. The Labute approximate surface area is 105 Å². The molecule has 0 spiro atoms. The molecule has 92 valence electrons. The van der Waals surface area contributed by atoms with E-state index in [9.17, 15) is 0 Å². The van der Waals surface area contributed by atoms with Crippen LogP contribution in [0.1, 0.15) is 56.4 Å². The molecule has 1 aromatic carbocycles. The minimum atomic E-state index is 0.149. The third-order valence-corrected chi connectivity index (χ3v) is 4.71. The predicted octanol–water partition coefficient (Wildman–Crippen LogP) is 4.64. The average Bonchev–Trinajstić information content (AvgIpc) is 2.57. The largest absolute Gasteiger partial charge is 0.257 e. The standard InChI is InChI=1S/C16H23N/c1-7-13-9-14-15(11(4)10(13)3)16(6,8-2)12(5)17-14/h9H,7-8H2,1-6H3. The maximum Gasteiger partial charge on any atom is 0.0676 e. The van der Waals surface area contributed by atoms with E-state index in [1.54, 1.807) is 0 Å². The van der Waals surface area contributed by atoms with E-state index in [-0.39, 0.29) is 5.41 Å². The van der Waals surface area contributed by atoms with E-state index in [4.69, 9.17) is 4.99 Å². The van der Waals surface area contributed by atoms with Crippen LogP contribution < -0.4 is 0 Å². The summed E-state index contributed by atoms with van der Waals surface area (Å²) in [5.41, 5.74) is 8.44. The van der Waals surface area contributed by atoms with Gasteiger partial charge in [-0.05, 0) is 61.9 Å². The highest BCUT2D eigenvalue weighted by molar-refractivity contribution is 6.00. The van der Waals surface area contributed by atoms with E-state index >= 15 is 0 Å². The van der Waals surface area contributed by atoms with Crippen LogP contribution in [0.15, 0.2) is 11.1 Å². The molecule has 0 saturated heterocycles. The van der Waals surface area contributed by atoms with Gasteiger partial charge in [-0.3, -0.25) is 4.99 Å². The molecule has 1 aliphatic rings. The van der Waals surface area contributed by atoms with E-state index in [0.717, 1.165) is 12.8 Å². The molecule has 0 fully saturated rings. The summed E-state index contributed by atoms with van der Waals surface area (Å²) in [5, 5.41) is 0. The monoisotopic (exact) mass is 229 g/mol. The molecule has 0 aliphatic carbocycles. The molecule has 1 aromatic rings. The lowest BCUT2D eigenvalue weighted by Crippen LogP contribution is -2.27. The van der Waals surface area contributed by atoms with Crippen molar-refractivity contribution in [1.29, 1.82) is 0 Å². The molecule has 0 radical (unpaired) electrons. The van der Waals surface area contributed by atoms with Gasteiger partial charge in [0.05, 0.1) is 5.69 Å². The number of nitrogens with zero attached hydrogens (tertiary/aromatic N) is 1. The Bertz CT molecular complexity index is 497. The first-order chi connectivity index (χ1) is 7.95. The molecular formula is C16H23N. The Morgan fingerprint density at radius 3 is 2.29 bits per heavy atom. The number of fused-ring (bicyclic) bond motifs is 1. The van der Waals surface area contributed by atoms with Crippen molar-refractivity contribution in [1.82, 2.24) is 0 Å². The Morgan fingerprint density at radius 2 is 1.76 bits per heavy atom. The fourth-order valence-electron chi connectivity index (χ4n) is 3.04. The predicted molar refractivity (Wildman–Crippen MR) is 75.7 cm³/mol. The summed E-state index contributed by atoms with van der Waals surface area (Å²) in [6, 6.07) is 2.29. The van der Waals surface area contributed by atoms with Crippen LogP contribution in [-0.4, -0.2) is 5.71 Å². The van der Waals surface area contributed by atoms with Gasteiger partial charge in [0, 0.05) is 11.1 Å². The van der Waals surface area contributed by atoms with Gasteiger partial charge in [-0.1, -0.05) is 20.8 Å². The number of hydrogen-bond donors (Lipinski definition) is 0. The number of aliphatic imine (C=N–C) groups is 1. The highest BCUT2D eigenvalue weighted by Gasteiger charge is 2.37. The van der Waals surface area contributed by atoms with E-state index in [1.807, 2.05) is 0 Å². The normalized spacial score (nSPS) is 22.6. The van der Waals surface area contributed by atoms with Crippen molar-refractivity contribution in [3.05, 3.63) is 28.3 Å². The molecule has 0 aromatic heterocycles. The quantitative estimate of drug-likeness (QED) is 0.700. The van der Waals surface area contributed by atoms with Gasteiger partial charge in [-0.25, -0.2) is 0 Å². The van der Waals surface area contributed by atoms with E-state index in [0.29, 0.717) is 0 Å². The second-order valence-corrected chi connectivity index (χ2v) is 5.42. The molecule has 1 heterocycles. The van der Waals surface area contributed by atoms with Gasteiger partial charge in [0.25, 0.3) is 0 Å². The highest BCUT2D eigenvalue weighted by atomic mass is 14.8. The fourth-order valence-corrected chi connectivity index (χ4v) is 3.04. The van der Waals surface area contributed by atoms with Crippen LogP contribution in [0.5, 0.6) is 0 Å². The van der Waals surface area contributed by atoms with Gasteiger partial charge in [-0.15, -0.1) is 0 Å². The van der Waals surface area contributed by atoms with Crippen LogP contribution >= 0.6 is 0 Å². The van der Waals surface area contributed by atoms with Gasteiger partial charge in [0.1, 0.15) is 0 Å². The SMILES string of the molecule is CCc1cc2c(c(C)c1C)C(C)(CC)C(C)=N2. The van der Waals surface area contributed by atoms with E-state index < -0.39 is 0 Å². The maximum atomic E-state index is 4.80. The fraction of sp³-hybridized carbons (Fsp3) is 0.562. The second-order valence-electron chi connectivity index (χ2n) is 5.42. The van der Waals surface area contributed by atoms with Crippen LogP contribution in [0.3, 0.4) is 0 Å². The summed E-state index contributed by atoms with van der Waals surface area (Å²) in [7, 11) is 0. The lowest BCUT2D eigenvalue weighted by Gasteiger charge is -2.27. The Morgan fingerprint density at radius 1 is 1.12 bits per heavy atom. The summed E-state index contributed by atoms with van der Waals surface area (Å²) >= 11 is 0. The van der Waals surface area contributed by atoms with E-state index in [1.165, 1.54) is 33.7 Å². The smallest absolute Gasteiger partial charge is 0.0676 e. The van der Waals surface area contributed by atoms with Crippen LogP contribution in [0, 0.1) is 13.8 Å². The van der Waals surface area contributed by atoms with Crippen LogP contribution in [0.2, 0.25) is 0 Å². The Balaban J connectivity index is 2.74. The Hall–Kier alpha value is -1.11. The first kappa shape index (κ1) is 12.3. The molecule has 2 rings (SSSR count). The molecule has 0 amide bonds. The maximum absolute atomic E-state index is 4.80. The van der Waals surface area contributed by atoms with Gasteiger partial charge in [-0.2, -0.15) is 0 Å². The van der Waals surface area contributed by atoms with Crippen molar-refractivity contribution in [3.63, 3.8) is 0 Å². The number of aryl methyl sites for hydroxylation is 1. The van der Waals surface area contributed by atoms with Crippen molar-refractivity contribution in [2.45, 2.75) is 59.8 Å². The number of hydrogen-bond acceptors (Lipinski definition) is 1. The first-order valence-electron chi connectivity index (χ1n) is 6.65. The summed E-state index contributed by atoms with van der Waals surface area (Å²) in [5.74, 6) is 0. The molecule has 0 bridgehead atoms. The summed E-state index contributed by atoms with van der Waals surface area (Å²) in [6.45, 7) is 13.5. The molecule has 1 unspecified atom stereocenters. The zero-order valence-electron chi connectivity index (χ0n) is 11.9. The van der Waals surface area contributed by atoms with Crippen LogP contribution in [-0.2, 0) is 11.8 Å². The van der Waals surface area contributed by atoms with E-state index in [2.05, 4.69) is 47.6 Å². The molecule has 17 heavy (non-hydrogen) atoms. The van der Waals surface area contributed by atoms with Crippen molar-refractivity contribution < 1.29 is 0 Å². The van der Waals surface area contributed by atoms with Crippen LogP contribution in [0.4, 0.5) is 5.69 Å². The third-order valence-electron chi connectivity index (χ3n) is 4.71. The molecule has 1 heteroatoms. The van der Waals surface area contributed by atoms with Gasteiger partial charge < -0.3 is 0 Å². The van der Waals surface area contributed by atoms with Crippen molar-refractivity contribution in [2.24, 2.45) is 4.99 Å². The zero-order valence-corrected chi connectivity index (χ0v) is 11.9. The lowest BCUT2D eigenvalue weighted by atomic mass is 9.74. The molecule has 0 saturated carbocycles. The minimum Gasteiger partial charge on any atom is -0.257 e. The lowest BCUT2D eigenvalue weighted by molar-refractivity contribution is 0.619. The van der Waals surface area contributed by atoms with Gasteiger partial charge in [0.2, 0.25) is 0 Å². The van der Waals surface area contributed by atoms with Crippen molar-refractivity contribution in [3.8, 4) is 0 Å². The Kier molecular flexibility index (Phi) is 2.89. The third kappa shape index (κ3) is 1.55. The molecule has 1 nitrogen and oxygen atoms in total.